The Labute approximate surface area is 207 Å². The molecule has 8 heteroatoms. The standard InChI is InChI=1S/C27H33O7P/c1-22-7-4-10-25(19-22)29-13-16-32-35(28,33-17-14-30-26-11-5-8-23(2)20-26)34-18-15-31-27-12-6-9-24(3)21-27/h4-12,19-21H,13-18H2,1-3H3. The molecule has 0 unspecified atom stereocenters. The molecule has 7 nitrogen and oxygen atoms in total. The quantitative estimate of drug-likeness (QED) is 0.179. The molecule has 0 fully saturated rings. The fourth-order valence-electron chi connectivity index (χ4n) is 3.15. The number of aryl methyl sites for hydroxylation is 3. The summed E-state index contributed by atoms with van der Waals surface area (Å²) in [7, 11) is -3.85. The predicted molar refractivity (Wildman–Crippen MR) is 135 cm³/mol. The van der Waals surface area contributed by atoms with Crippen LogP contribution in [0.4, 0.5) is 0 Å². The maximum Gasteiger partial charge on any atom is 0.475 e. The van der Waals surface area contributed by atoms with Crippen LogP contribution in [-0.2, 0) is 18.1 Å². The van der Waals surface area contributed by atoms with Crippen LogP contribution < -0.4 is 14.2 Å². The molecule has 3 aromatic carbocycles. The lowest BCUT2D eigenvalue weighted by atomic mass is 10.2. The van der Waals surface area contributed by atoms with E-state index >= 15 is 0 Å². The van der Waals surface area contributed by atoms with E-state index in [0.717, 1.165) is 16.7 Å². The zero-order valence-corrected chi connectivity index (χ0v) is 21.4. The van der Waals surface area contributed by atoms with Crippen molar-refractivity contribution in [3.63, 3.8) is 0 Å². The summed E-state index contributed by atoms with van der Waals surface area (Å²) in [5.74, 6) is 2.13. The lowest BCUT2D eigenvalue weighted by Crippen LogP contribution is -2.13. The highest BCUT2D eigenvalue weighted by molar-refractivity contribution is 7.48. The number of hydrogen-bond acceptors (Lipinski definition) is 7. The third-order valence-electron chi connectivity index (χ3n) is 4.77. The molecular weight excluding hydrogens is 467 g/mol. The molecule has 0 spiro atoms. The Morgan fingerprint density at radius 1 is 0.514 bits per heavy atom. The first kappa shape index (κ1) is 26.8. The number of phosphoric acid groups is 1. The molecule has 3 rings (SSSR count). The van der Waals surface area contributed by atoms with Crippen molar-refractivity contribution in [3.05, 3.63) is 89.5 Å². The maximum atomic E-state index is 13.2. The second-order valence-electron chi connectivity index (χ2n) is 7.94. The highest BCUT2D eigenvalue weighted by atomic mass is 31.2. The fourth-order valence-corrected chi connectivity index (χ4v) is 4.27. The molecule has 35 heavy (non-hydrogen) atoms. The fraction of sp³-hybridized carbons (Fsp3) is 0.333. The van der Waals surface area contributed by atoms with E-state index in [1.165, 1.54) is 0 Å². The van der Waals surface area contributed by atoms with E-state index in [-0.39, 0.29) is 39.6 Å². The molecule has 3 aromatic rings. The Hall–Kier alpha value is -2.83. The van der Waals surface area contributed by atoms with Gasteiger partial charge in [0.25, 0.3) is 0 Å². The highest BCUT2D eigenvalue weighted by Crippen LogP contribution is 2.49. The number of rotatable bonds is 15. The molecule has 0 aliphatic heterocycles. The van der Waals surface area contributed by atoms with E-state index in [2.05, 4.69) is 0 Å². The normalized spacial score (nSPS) is 11.3. The predicted octanol–water partition coefficient (Wildman–Crippen LogP) is 6.31. The Morgan fingerprint density at radius 2 is 0.829 bits per heavy atom. The summed E-state index contributed by atoms with van der Waals surface area (Å²) in [5, 5.41) is 0. The zero-order valence-electron chi connectivity index (χ0n) is 20.5. The van der Waals surface area contributed by atoms with Crippen LogP contribution in [0.1, 0.15) is 16.7 Å². The van der Waals surface area contributed by atoms with Crippen molar-refractivity contribution in [2.24, 2.45) is 0 Å². The van der Waals surface area contributed by atoms with Crippen molar-refractivity contribution >= 4 is 7.82 Å². The van der Waals surface area contributed by atoms with E-state index in [4.69, 9.17) is 27.8 Å². The third kappa shape index (κ3) is 10.1. The number of benzene rings is 3. The average Bonchev–Trinajstić information content (AvgIpc) is 2.83. The summed E-state index contributed by atoms with van der Waals surface area (Å²) in [4.78, 5) is 0. The summed E-state index contributed by atoms with van der Waals surface area (Å²) < 4.78 is 46.7. The van der Waals surface area contributed by atoms with Gasteiger partial charge in [0, 0.05) is 0 Å². The molecule has 0 aromatic heterocycles. The molecule has 0 aliphatic rings. The van der Waals surface area contributed by atoms with Gasteiger partial charge >= 0.3 is 7.82 Å². The smallest absolute Gasteiger partial charge is 0.475 e. The maximum absolute atomic E-state index is 13.2. The topological polar surface area (TPSA) is 72.5 Å². The molecular formula is C27H33O7P. The van der Waals surface area contributed by atoms with Gasteiger partial charge in [-0.1, -0.05) is 36.4 Å². The molecule has 188 valence electrons. The highest BCUT2D eigenvalue weighted by Gasteiger charge is 2.27. The van der Waals surface area contributed by atoms with Gasteiger partial charge in [-0.3, -0.25) is 13.6 Å². The Balaban J connectivity index is 1.47. The van der Waals surface area contributed by atoms with E-state index in [9.17, 15) is 4.57 Å². The van der Waals surface area contributed by atoms with Gasteiger partial charge in [-0.2, -0.15) is 0 Å². The van der Waals surface area contributed by atoms with Crippen LogP contribution in [-0.4, -0.2) is 39.6 Å². The molecule has 0 radical (unpaired) electrons. The largest absolute Gasteiger partial charge is 0.491 e. The van der Waals surface area contributed by atoms with Gasteiger partial charge < -0.3 is 14.2 Å². The zero-order chi connectivity index (χ0) is 24.9. The SMILES string of the molecule is Cc1cccc(OCCOP(=O)(OCCOc2cccc(C)c2)OCCOc2cccc(C)c2)c1. The summed E-state index contributed by atoms with van der Waals surface area (Å²) in [6, 6.07) is 23.0. The van der Waals surface area contributed by atoms with E-state index in [0.29, 0.717) is 17.2 Å². The van der Waals surface area contributed by atoms with Crippen molar-refractivity contribution in [3.8, 4) is 17.2 Å². The lowest BCUT2D eigenvalue weighted by Gasteiger charge is -2.19. The minimum Gasteiger partial charge on any atom is -0.491 e. The minimum atomic E-state index is -3.85. The van der Waals surface area contributed by atoms with Gasteiger partial charge in [0.1, 0.15) is 37.1 Å². The number of phosphoric ester groups is 1. The van der Waals surface area contributed by atoms with Crippen LogP contribution in [0.2, 0.25) is 0 Å². The van der Waals surface area contributed by atoms with E-state index < -0.39 is 7.82 Å². The summed E-state index contributed by atoms with van der Waals surface area (Å²) in [6.07, 6.45) is 0. The van der Waals surface area contributed by atoms with Gasteiger partial charge in [-0.05, 0) is 73.9 Å². The van der Waals surface area contributed by atoms with Crippen molar-refractivity contribution in [2.45, 2.75) is 20.8 Å². The summed E-state index contributed by atoms with van der Waals surface area (Å²) in [5.41, 5.74) is 3.26. The first-order valence-corrected chi connectivity index (χ1v) is 13.0. The van der Waals surface area contributed by atoms with Crippen LogP contribution in [0.15, 0.2) is 72.8 Å². The van der Waals surface area contributed by atoms with Crippen LogP contribution in [0.5, 0.6) is 17.2 Å². The van der Waals surface area contributed by atoms with Crippen molar-refractivity contribution in [1.29, 1.82) is 0 Å². The van der Waals surface area contributed by atoms with Gasteiger partial charge in [-0.25, -0.2) is 4.57 Å². The van der Waals surface area contributed by atoms with Gasteiger partial charge in [0.05, 0.1) is 19.8 Å². The summed E-state index contributed by atoms with van der Waals surface area (Å²) in [6.45, 7) is 6.62. The van der Waals surface area contributed by atoms with Crippen molar-refractivity contribution in [2.75, 3.05) is 39.6 Å². The first-order valence-electron chi connectivity index (χ1n) is 11.5. The molecule has 0 N–H and O–H groups in total. The molecule has 0 heterocycles. The van der Waals surface area contributed by atoms with Gasteiger partial charge in [0.2, 0.25) is 0 Å². The molecule has 0 amide bonds. The third-order valence-corrected chi connectivity index (χ3v) is 6.27. The first-order chi connectivity index (χ1) is 16.9. The Morgan fingerprint density at radius 3 is 1.11 bits per heavy atom. The minimum absolute atomic E-state index is 0.0305. The monoisotopic (exact) mass is 500 g/mol. The van der Waals surface area contributed by atoms with Crippen LogP contribution in [0, 0.1) is 20.8 Å². The van der Waals surface area contributed by atoms with E-state index in [1.54, 1.807) is 0 Å². The second-order valence-corrected chi connectivity index (χ2v) is 9.61. The van der Waals surface area contributed by atoms with Crippen molar-refractivity contribution < 1.29 is 32.3 Å². The Bertz CT molecular complexity index is 965. The van der Waals surface area contributed by atoms with Gasteiger partial charge in [-0.15, -0.1) is 0 Å². The molecule has 0 aliphatic carbocycles. The molecule has 0 saturated heterocycles. The van der Waals surface area contributed by atoms with Crippen LogP contribution in [0.3, 0.4) is 0 Å². The lowest BCUT2D eigenvalue weighted by molar-refractivity contribution is 0.0806. The second kappa shape index (κ2) is 13.9. The molecule has 0 saturated carbocycles. The molecule has 0 bridgehead atoms. The molecule has 0 atom stereocenters. The van der Waals surface area contributed by atoms with Crippen LogP contribution >= 0.6 is 7.82 Å². The summed E-state index contributed by atoms with van der Waals surface area (Å²) >= 11 is 0. The number of hydrogen-bond donors (Lipinski definition) is 0. The number of ether oxygens (including phenoxy) is 3. The van der Waals surface area contributed by atoms with Crippen LogP contribution in [0.25, 0.3) is 0 Å². The van der Waals surface area contributed by atoms with Gasteiger partial charge in [0.15, 0.2) is 0 Å². The average molecular weight is 501 g/mol. The van der Waals surface area contributed by atoms with E-state index in [1.807, 2.05) is 93.6 Å². The van der Waals surface area contributed by atoms with Crippen molar-refractivity contribution in [1.82, 2.24) is 0 Å². The Kier molecular flexibility index (Phi) is 10.6.